The van der Waals surface area contributed by atoms with E-state index in [-0.39, 0.29) is 5.91 Å². The normalized spacial score (nSPS) is 16.3. The number of hydrogen-bond donors (Lipinski definition) is 2. The molecule has 2 heterocycles. The van der Waals surface area contributed by atoms with E-state index in [1.54, 1.807) is 0 Å². The topological polar surface area (TPSA) is 57.3 Å². The first-order valence-electron chi connectivity index (χ1n) is 11.4. The van der Waals surface area contributed by atoms with E-state index in [4.69, 9.17) is 0 Å². The number of amides is 1. The highest BCUT2D eigenvalue weighted by Crippen LogP contribution is 2.29. The Hall–Kier alpha value is -3.18. The molecule has 1 aliphatic heterocycles. The molecule has 2 aromatic carbocycles. The summed E-state index contributed by atoms with van der Waals surface area (Å²) < 4.78 is 0. The van der Waals surface area contributed by atoms with Crippen LogP contribution < -0.4 is 15.5 Å². The molecule has 1 saturated heterocycles. The number of hydrogen-bond acceptors (Lipinski definition) is 4. The van der Waals surface area contributed by atoms with Gasteiger partial charge in [0.15, 0.2) is 0 Å². The Bertz CT molecular complexity index is 1070. The van der Waals surface area contributed by atoms with E-state index < -0.39 is 0 Å². The highest BCUT2D eigenvalue weighted by Gasteiger charge is 2.20. The minimum absolute atomic E-state index is 0.105. The van der Waals surface area contributed by atoms with Crippen molar-refractivity contribution in [2.24, 2.45) is 0 Å². The molecule has 1 unspecified atom stereocenters. The summed E-state index contributed by atoms with van der Waals surface area (Å²) in [7, 11) is 4.06. The van der Waals surface area contributed by atoms with E-state index in [1.165, 1.54) is 12.8 Å². The molecule has 5 heteroatoms. The summed E-state index contributed by atoms with van der Waals surface area (Å²) in [6, 6.07) is 18.2. The van der Waals surface area contributed by atoms with Crippen LogP contribution in [0.5, 0.6) is 0 Å². The zero-order valence-corrected chi connectivity index (χ0v) is 19.2. The quantitative estimate of drug-likeness (QED) is 0.584. The van der Waals surface area contributed by atoms with Crippen LogP contribution in [0.15, 0.2) is 60.8 Å². The van der Waals surface area contributed by atoms with Gasteiger partial charge in [-0.2, -0.15) is 0 Å². The van der Waals surface area contributed by atoms with Gasteiger partial charge in [-0.1, -0.05) is 24.6 Å². The molecule has 5 nitrogen and oxygen atoms in total. The van der Waals surface area contributed by atoms with Crippen molar-refractivity contribution in [3.63, 3.8) is 0 Å². The van der Waals surface area contributed by atoms with Gasteiger partial charge in [0.05, 0.1) is 11.4 Å². The van der Waals surface area contributed by atoms with Crippen LogP contribution in [0, 0.1) is 6.92 Å². The fourth-order valence-corrected chi connectivity index (χ4v) is 4.31. The first kappa shape index (κ1) is 22.0. The lowest BCUT2D eigenvalue weighted by atomic mass is 9.96. The first-order valence-corrected chi connectivity index (χ1v) is 11.4. The van der Waals surface area contributed by atoms with Crippen molar-refractivity contribution in [3.05, 3.63) is 77.6 Å². The van der Waals surface area contributed by atoms with E-state index in [2.05, 4.69) is 51.7 Å². The van der Waals surface area contributed by atoms with E-state index >= 15 is 0 Å². The van der Waals surface area contributed by atoms with Crippen LogP contribution >= 0.6 is 0 Å². The Morgan fingerprint density at radius 1 is 1.09 bits per heavy atom. The summed E-state index contributed by atoms with van der Waals surface area (Å²) in [6.07, 6.45) is 5.27. The van der Waals surface area contributed by atoms with Crippen LogP contribution in [-0.4, -0.2) is 38.1 Å². The monoisotopic (exact) mass is 428 g/mol. The molecule has 1 fully saturated rings. The van der Waals surface area contributed by atoms with Crippen molar-refractivity contribution >= 4 is 17.3 Å². The van der Waals surface area contributed by atoms with Gasteiger partial charge in [-0.3, -0.25) is 9.78 Å². The van der Waals surface area contributed by atoms with Crippen molar-refractivity contribution in [3.8, 4) is 11.1 Å². The van der Waals surface area contributed by atoms with Crippen LogP contribution in [0.3, 0.4) is 0 Å². The van der Waals surface area contributed by atoms with E-state index in [0.717, 1.165) is 53.3 Å². The lowest BCUT2D eigenvalue weighted by Crippen LogP contribution is -2.22. The van der Waals surface area contributed by atoms with Gasteiger partial charge in [0.2, 0.25) is 0 Å². The number of benzene rings is 2. The zero-order chi connectivity index (χ0) is 22.5. The van der Waals surface area contributed by atoms with Gasteiger partial charge < -0.3 is 15.5 Å². The highest BCUT2D eigenvalue weighted by atomic mass is 16.1. The molecule has 0 spiro atoms. The van der Waals surface area contributed by atoms with Crippen LogP contribution in [0.4, 0.5) is 11.4 Å². The fourth-order valence-electron chi connectivity index (χ4n) is 4.31. The van der Waals surface area contributed by atoms with Crippen LogP contribution in [0.25, 0.3) is 11.1 Å². The summed E-state index contributed by atoms with van der Waals surface area (Å²) in [5, 5.41) is 6.63. The number of aromatic nitrogens is 1. The SMILES string of the molecule is Cc1ccc(C(=O)Nc2cccnc2C2CCCCNC2)cc1-c1ccc(N(C)C)cc1. The maximum atomic E-state index is 13.2. The molecule has 32 heavy (non-hydrogen) atoms. The minimum Gasteiger partial charge on any atom is -0.378 e. The summed E-state index contributed by atoms with van der Waals surface area (Å²) in [6.45, 7) is 4.03. The summed E-state index contributed by atoms with van der Waals surface area (Å²) >= 11 is 0. The average Bonchev–Trinajstić information content (AvgIpc) is 3.09. The first-order chi connectivity index (χ1) is 15.5. The summed E-state index contributed by atoms with van der Waals surface area (Å²) in [4.78, 5) is 19.9. The van der Waals surface area contributed by atoms with Gasteiger partial charge in [0, 0.05) is 44.0 Å². The number of aryl methyl sites for hydroxylation is 1. The van der Waals surface area contributed by atoms with Crippen molar-refractivity contribution in [2.75, 3.05) is 37.4 Å². The number of rotatable bonds is 5. The van der Waals surface area contributed by atoms with E-state index in [1.807, 2.05) is 50.6 Å². The Morgan fingerprint density at radius 2 is 1.91 bits per heavy atom. The zero-order valence-electron chi connectivity index (χ0n) is 19.2. The summed E-state index contributed by atoms with van der Waals surface area (Å²) in [5.74, 6) is 0.213. The van der Waals surface area contributed by atoms with Crippen LogP contribution in [0.1, 0.15) is 46.8 Å². The van der Waals surface area contributed by atoms with E-state index in [0.29, 0.717) is 11.5 Å². The van der Waals surface area contributed by atoms with Crippen molar-refractivity contribution in [2.45, 2.75) is 32.1 Å². The fraction of sp³-hybridized carbons (Fsp3) is 0.333. The van der Waals surface area contributed by atoms with Crippen molar-refractivity contribution in [1.82, 2.24) is 10.3 Å². The van der Waals surface area contributed by atoms with Gasteiger partial charge in [-0.15, -0.1) is 0 Å². The molecule has 0 bridgehead atoms. The van der Waals surface area contributed by atoms with Gasteiger partial charge >= 0.3 is 0 Å². The van der Waals surface area contributed by atoms with Gasteiger partial charge in [0.1, 0.15) is 0 Å². The summed E-state index contributed by atoms with van der Waals surface area (Å²) in [5.41, 5.74) is 6.90. The van der Waals surface area contributed by atoms with Gasteiger partial charge in [-0.05, 0) is 79.4 Å². The number of carbonyl (C=O) groups is 1. The molecule has 166 valence electrons. The molecule has 1 atom stereocenters. The number of carbonyl (C=O) groups excluding carboxylic acids is 1. The Labute approximate surface area is 190 Å². The molecule has 1 aliphatic rings. The third-order valence-corrected chi connectivity index (χ3v) is 6.21. The van der Waals surface area contributed by atoms with Crippen molar-refractivity contribution in [1.29, 1.82) is 0 Å². The molecule has 3 aromatic rings. The van der Waals surface area contributed by atoms with Crippen LogP contribution in [-0.2, 0) is 0 Å². The molecule has 0 saturated carbocycles. The average molecular weight is 429 g/mol. The third kappa shape index (κ3) is 5.00. The Morgan fingerprint density at radius 3 is 2.69 bits per heavy atom. The van der Waals surface area contributed by atoms with E-state index in [9.17, 15) is 4.79 Å². The lowest BCUT2D eigenvalue weighted by Gasteiger charge is -2.18. The largest absolute Gasteiger partial charge is 0.378 e. The Kier molecular flexibility index (Phi) is 6.86. The molecule has 0 radical (unpaired) electrons. The smallest absolute Gasteiger partial charge is 0.255 e. The van der Waals surface area contributed by atoms with Gasteiger partial charge in [0.25, 0.3) is 5.91 Å². The molecular formula is C27H32N4O. The maximum Gasteiger partial charge on any atom is 0.255 e. The number of pyridine rings is 1. The third-order valence-electron chi connectivity index (χ3n) is 6.21. The lowest BCUT2D eigenvalue weighted by molar-refractivity contribution is 0.102. The van der Waals surface area contributed by atoms with Crippen molar-refractivity contribution < 1.29 is 4.79 Å². The second kappa shape index (κ2) is 9.96. The molecule has 1 aromatic heterocycles. The number of nitrogens with one attached hydrogen (secondary N) is 2. The maximum absolute atomic E-state index is 13.2. The molecular weight excluding hydrogens is 396 g/mol. The number of anilines is 2. The molecule has 4 rings (SSSR count). The molecule has 1 amide bonds. The Balaban J connectivity index is 1.58. The van der Waals surface area contributed by atoms with Gasteiger partial charge in [-0.25, -0.2) is 0 Å². The van der Waals surface area contributed by atoms with Crippen LogP contribution in [0.2, 0.25) is 0 Å². The predicted molar refractivity (Wildman–Crippen MR) is 133 cm³/mol. The molecule has 0 aliphatic carbocycles. The highest BCUT2D eigenvalue weighted by molar-refractivity contribution is 6.05. The number of nitrogens with zero attached hydrogens (tertiary/aromatic N) is 2. The second-order valence-corrected chi connectivity index (χ2v) is 8.76. The molecule has 2 N–H and O–H groups in total. The predicted octanol–water partition coefficient (Wildman–Crippen LogP) is 5.23. The second-order valence-electron chi connectivity index (χ2n) is 8.76. The standard InChI is InChI=1S/C27H32N4O/c1-19-9-10-21(17-24(19)20-11-13-23(14-12-20)31(2)3)27(32)30-25-8-6-16-29-26(25)22-7-4-5-15-28-18-22/h6,8-14,16-17,22,28H,4-5,7,15,18H2,1-3H3,(H,30,32). The minimum atomic E-state index is -0.105.